The van der Waals surface area contributed by atoms with Crippen molar-refractivity contribution >= 4 is 21.6 Å². The Balaban J connectivity index is 2.02. The highest BCUT2D eigenvalue weighted by Gasteiger charge is 2.13. The second-order valence-electron chi connectivity index (χ2n) is 4.44. The van der Waals surface area contributed by atoms with Crippen LogP contribution in [0.1, 0.15) is 16.8 Å². The maximum Gasteiger partial charge on any atom is 0.273 e. The lowest BCUT2D eigenvalue weighted by Gasteiger charge is -2.06. The van der Waals surface area contributed by atoms with Gasteiger partial charge in [0.15, 0.2) is 0 Å². The summed E-state index contributed by atoms with van der Waals surface area (Å²) in [5.41, 5.74) is 2.80. The Morgan fingerprint density at radius 1 is 1.30 bits per heavy atom. The number of aromatic nitrogens is 1. The average Bonchev–Trinajstić information content (AvgIpc) is 2.41. The number of halogens is 1. The van der Waals surface area contributed by atoms with Crippen LogP contribution >= 0.6 is 15.9 Å². The van der Waals surface area contributed by atoms with Crippen molar-refractivity contribution in [2.45, 2.75) is 20.0 Å². The molecule has 0 aliphatic heterocycles. The van der Waals surface area contributed by atoms with Gasteiger partial charge < -0.3 is 5.32 Å². The molecule has 6 heteroatoms. The van der Waals surface area contributed by atoms with Gasteiger partial charge in [-0.2, -0.15) is 0 Å². The van der Waals surface area contributed by atoms with E-state index in [4.69, 9.17) is 0 Å². The molecule has 0 saturated carbocycles. The van der Waals surface area contributed by atoms with Crippen molar-refractivity contribution in [3.05, 3.63) is 67.9 Å². The summed E-state index contributed by atoms with van der Waals surface area (Å²) in [6.07, 6.45) is 1.80. The van der Waals surface area contributed by atoms with Gasteiger partial charge in [-0.05, 0) is 30.7 Å². The monoisotopic (exact) mass is 335 g/mol. The van der Waals surface area contributed by atoms with E-state index < -0.39 is 0 Å². The third kappa shape index (κ3) is 3.85. The third-order valence-corrected chi connectivity index (χ3v) is 3.35. The quantitative estimate of drug-likeness (QED) is 0.672. The van der Waals surface area contributed by atoms with Crippen molar-refractivity contribution in [3.8, 4) is 0 Å². The van der Waals surface area contributed by atoms with Crippen LogP contribution < -0.4 is 5.32 Å². The summed E-state index contributed by atoms with van der Waals surface area (Å²) in [5, 5.41) is 14.2. The molecule has 5 nitrogen and oxygen atoms in total. The van der Waals surface area contributed by atoms with E-state index >= 15 is 0 Å². The topological polar surface area (TPSA) is 68.1 Å². The van der Waals surface area contributed by atoms with Gasteiger partial charge in [0.1, 0.15) is 0 Å². The second kappa shape index (κ2) is 6.58. The number of rotatable bonds is 5. The van der Waals surface area contributed by atoms with Crippen LogP contribution in [-0.2, 0) is 13.1 Å². The lowest BCUT2D eigenvalue weighted by molar-refractivity contribution is -0.385. The summed E-state index contributed by atoms with van der Waals surface area (Å²) in [6.45, 7) is 2.99. The normalized spacial score (nSPS) is 10.5. The summed E-state index contributed by atoms with van der Waals surface area (Å²) in [7, 11) is 0. The van der Waals surface area contributed by atoms with Gasteiger partial charge in [-0.1, -0.05) is 22.0 Å². The van der Waals surface area contributed by atoms with Gasteiger partial charge in [-0.25, -0.2) is 0 Å². The van der Waals surface area contributed by atoms with E-state index in [1.807, 2.05) is 19.1 Å². The first kappa shape index (κ1) is 14.6. The van der Waals surface area contributed by atoms with Crippen LogP contribution in [0, 0.1) is 17.0 Å². The molecule has 2 rings (SSSR count). The van der Waals surface area contributed by atoms with E-state index in [0.717, 1.165) is 15.7 Å². The van der Waals surface area contributed by atoms with Gasteiger partial charge >= 0.3 is 0 Å². The van der Waals surface area contributed by atoms with Gasteiger partial charge in [-0.15, -0.1) is 0 Å². The van der Waals surface area contributed by atoms with Crippen molar-refractivity contribution in [1.82, 2.24) is 10.3 Å². The molecule has 104 valence electrons. The summed E-state index contributed by atoms with van der Waals surface area (Å²) in [5.74, 6) is 0. The molecule has 1 aromatic heterocycles. The molecule has 0 radical (unpaired) electrons. The Labute approximate surface area is 125 Å². The van der Waals surface area contributed by atoms with Crippen LogP contribution in [0.5, 0.6) is 0 Å². The zero-order chi connectivity index (χ0) is 14.5. The van der Waals surface area contributed by atoms with Crippen molar-refractivity contribution in [2.24, 2.45) is 0 Å². The Bertz CT molecular complexity index is 614. The molecule has 2 aromatic rings. The van der Waals surface area contributed by atoms with E-state index in [0.29, 0.717) is 18.7 Å². The van der Waals surface area contributed by atoms with Crippen LogP contribution in [0.15, 0.2) is 41.0 Å². The van der Waals surface area contributed by atoms with Crippen LogP contribution in [-0.4, -0.2) is 9.91 Å². The molecule has 0 bridgehead atoms. The third-order valence-electron chi connectivity index (χ3n) is 2.86. The first-order valence-electron chi connectivity index (χ1n) is 6.11. The highest BCUT2D eigenvalue weighted by molar-refractivity contribution is 9.10. The van der Waals surface area contributed by atoms with E-state index in [1.54, 1.807) is 18.3 Å². The molecule has 1 heterocycles. The Morgan fingerprint density at radius 2 is 2.10 bits per heavy atom. The molecule has 0 saturated heterocycles. The molecule has 0 amide bonds. The van der Waals surface area contributed by atoms with Crippen LogP contribution in [0.2, 0.25) is 0 Å². The molecule has 0 aliphatic carbocycles. The highest BCUT2D eigenvalue weighted by atomic mass is 79.9. The number of benzene rings is 1. The van der Waals surface area contributed by atoms with Crippen molar-refractivity contribution < 1.29 is 4.92 Å². The number of nitrogens with zero attached hydrogens (tertiary/aromatic N) is 2. The van der Waals surface area contributed by atoms with E-state index in [2.05, 4.69) is 26.2 Å². The second-order valence-corrected chi connectivity index (χ2v) is 5.36. The minimum atomic E-state index is -0.364. The number of aryl methyl sites for hydroxylation is 1. The fourth-order valence-corrected chi connectivity index (χ4v) is 2.23. The highest BCUT2D eigenvalue weighted by Crippen LogP contribution is 2.22. The van der Waals surface area contributed by atoms with Crippen molar-refractivity contribution in [1.29, 1.82) is 0 Å². The van der Waals surface area contributed by atoms with Gasteiger partial charge in [0.2, 0.25) is 0 Å². The summed E-state index contributed by atoms with van der Waals surface area (Å²) in [6, 6.07) is 8.88. The lowest BCUT2D eigenvalue weighted by Crippen LogP contribution is -2.14. The number of nitrogens with one attached hydrogen (secondary N) is 1. The molecule has 0 aliphatic rings. The number of hydrogen-bond donors (Lipinski definition) is 1. The fourth-order valence-electron chi connectivity index (χ4n) is 1.82. The molecular formula is C14H14BrN3O2. The molecule has 0 atom stereocenters. The number of pyridine rings is 1. The maximum absolute atomic E-state index is 11.0. The number of nitro groups is 1. The summed E-state index contributed by atoms with van der Waals surface area (Å²) in [4.78, 5) is 14.8. The Hall–Kier alpha value is -1.79. The Kier molecular flexibility index (Phi) is 4.81. The predicted molar refractivity (Wildman–Crippen MR) is 80.3 cm³/mol. The minimum absolute atomic E-state index is 0.128. The zero-order valence-corrected chi connectivity index (χ0v) is 12.6. The van der Waals surface area contributed by atoms with Crippen molar-refractivity contribution in [2.75, 3.05) is 0 Å². The van der Waals surface area contributed by atoms with E-state index in [1.165, 1.54) is 6.07 Å². The van der Waals surface area contributed by atoms with Crippen LogP contribution in [0.4, 0.5) is 5.69 Å². The number of hydrogen-bond acceptors (Lipinski definition) is 4. The van der Waals surface area contributed by atoms with Gasteiger partial charge in [-0.3, -0.25) is 15.1 Å². The largest absolute Gasteiger partial charge is 0.308 e. The summed E-state index contributed by atoms with van der Waals surface area (Å²) < 4.78 is 0.830. The average molecular weight is 336 g/mol. The maximum atomic E-state index is 11.0. The molecule has 20 heavy (non-hydrogen) atoms. The van der Waals surface area contributed by atoms with Gasteiger partial charge in [0.25, 0.3) is 5.69 Å². The van der Waals surface area contributed by atoms with Gasteiger partial charge in [0, 0.05) is 41.1 Å². The van der Waals surface area contributed by atoms with Crippen LogP contribution in [0.3, 0.4) is 0 Å². The molecule has 1 aromatic carbocycles. The van der Waals surface area contributed by atoms with Gasteiger partial charge in [0.05, 0.1) is 4.92 Å². The predicted octanol–water partition coefficient (Wildman–Crippen LogP) is 3.35. The fraction of sp³-hybridized carbons (Fsp3) is 0.214. The standard InChI is InChI=1S/C14H14BrN3O2/c1-10-2-3-11(8-17-10)7-16-9-12-6-13(15)4-5-14(12)18(19)20/h2-6,8,16H,7,9H2,1H3. The zero-order valence-electron chi connectivity index (χ0n) is 11.0. The lowest BCUT2D eigenvalue weighted by atomic mass is 10.1. The first-order valence-corrected chi connectivity index (χ1v) is 6.90. The van der Waals surface area contributed by atoms with Crippen molar-refractivity contribution in [3.63, 3.8) is 0 Å². The SMILES string of the molecule is Cc1ccc(CNCc2cc(Br)ccc2[N+](=O)[O-])cn1. The van der Waals surface area contributed by atoms with Crippen LogP contribution in [0.25, 0.3) is 0 Å². The summed E-state index contributed by atoms with van der Waals surface area (Å²) >= 11 is 3.33. The smallest absolute Gasteiger partial charge is 0.273 e. The molecule has 0 unspecified atom stereocenters. The van der Waals surface area contributed by atoms with E-state index in [-0.39, 0.29) is 10.6 Å². The minimum Gasteiger partial charge on any atom is -0.308 e. The molecule has 1 N–H and O–H groups in total. The molecular weight excluding hydrogens is 322 g/mol. The number of nitro benzene ring substituents is 1. The first-order chi connectivity index (χ1) is 9.56. The molecule has 0 fully saturated rings. The van der Waals surface area contributed by atoms with E-state index in [9.17, 15) is 10.1 Å². The molecule has 0 spiro atoms. The Morgan fingerprint density at radius 3 is 2.75 bits per heavy atom.